The van der Waals surface area contributed by atoms with Crippen molar-refractivity contribution in [2.45, 2.75) is 13.2 Å². The van der Waals surface area contributed by atoms with Gasteiger partial charge in [-0.3, -0.25) is 9.59 Å². The van der Waals surface area contributed by atoms with Crippen LogP contribution in [0.4, 0.5) is 0 Å². The zero-order chi connectivity index (χ0) is 23.0. The van der Waals surface area contributed by atoms with Crippen molar-refractivity contribution in [3.63, 3.8) is 0 Å². The first kappa shape index (κ1) is 24.4. The number of ether oxygens (including phenoxy) is 2. The highest BCUT2D eigenvalue weighted by Crippen LogP contribution is 2.12. The highest BCUT2D eigenvalue weighted by Gasteiger charge is 2.09. The summed E-state index contributed by atoms with van der Waals surface area (Å²) in [4.78, 5) is 33.5. The Morgan fingerprint density at radius 2 is 1.81 bits per heavy atom. The lowest BCUT2D eigenvalue weighted by atomic mass is 10.2. The van der Waals surface area contributed by atoms with Crippen molar-refractivity contribution < 1.29 is 19.4 Å². The molecule has 0 atom stereocenters. The van der Waals surface area contributed by atoms with Gasteiger partial charge in [-0.2, -0.15) is 10.2 Å². The summed E-state index contributed by atoms with van der Waals surface area (Å²) in [5.41, 5.74) is 0.817. The number of halogens is 2. The summed E-state index contributed by atoms with van der Waals surface area (Å²) in [6, 6.07) is 10.2. The molecule has 10 nitrogen and oxygen atoms in total. The molecule has 0 aliphatic carbocycles. The van der Waals surface area contributed by atoms with E-state index in [-0.39, 0.29) is 27.9 Å². The molecule has 0 unspecified atom stereocenters. The largest absolute Gasteiger partial charge is 0.497 e. The number of rotatable bonds is 5. The van der Waals surface area contributed by atoms with Crippen molar-refractivity contribution in [3.05, 3.63) is 83.0 Å². The highest BCUT2D eigenvalue weighted by atomic mass is 79.9. The molecule has 0 saturated carbocycles. The number of aromatic amines is 1. The van der Waals surface area contributed by atoms with Crippen LogP contribution in [0.1, 0.15) is 21.7 Å². The van der Waals surface area contributed by atoms with Crippen LogP contribution in [0.5, 0.6) is 5.75 Å². The first-order valence-electron chi connectivity index (χ1n) is 8.63. The van der Waals surface area contributed by atoms with E-state index in [9.17, 15) is 14.4 Å². The van der Waals surface area contributed by atoms with Crippen molar-refractivity contribution in [1.29, 1.82) is 0 Å². The summed E-state index contributed by atoms with van der Waals surface area (Å²) in [7, 11) is 2.84. The number of nitrogens with one attached hydrogen (secondary N) is 1. The summed E-state index contributed by atoms with van der Waals surface area (Å²) >= 11 is 6.12. The number of aliphatic hydroxyl groups is 1. The molecule has 12 heteroatoms. The topological polar surface area (TPSA) is 136 Å². The molecule has 1 aromatic carbocycles. The molecular formula is C19H18Br2N4O6. The van der Waals surface area contributed by atoms with Gasteiger partial charge in [-0.15, -0.1) is 0 Å². The Labute approximate surface area is 193 Å². The number of aliphatic hydroxyl groups excluding tert-OH is 1. The molecule has 0 radical (unpaired) electrons. The van der Waals surface area contributed by atoms with Crippen LogP contribution in [0.25, 0.3) is 0 Å². The van der Waals surface area contributed by atoms with E-state index in [4.69, 9.17) is 9.84 Å². The van der Waals surface area contributed by atoms with E-state index in [1.807, 2.05) is 24.3 Å². The van der Waals surface area contributed by atoms with Crippen LogP contribution < -0.4 is 15.9 Å². The first-order chi connectivity index (χ1) is 14.8. The number of methoxy groups -OCH3 is 2. The molecular weight excluding hydrogens is 540 g/mol. The van der Waals surface area contributed by atoms with Crippen LogP contribution in [0.15, 0.2) is 54.9 Å². The summed E-state index contributed by atoms with van der Waals surface area (Å²) < 4.78 is 11.4. The second kappa shape index (κ2) is 11.5. The fraction of sp³-hybridized carbons (Fsp3) is 0.211. The summed E-state index contributed by atoms with van der Waals surface area (Å²) in [6.45, 7) is 0.136. The quantitative estimate of drug-likeness (QED) is 0.454. The lowest BCUT2D eigenvalue weighted by Gasteiger charge is -2.08. The Hall–Kier alpha value is -2.83. The van der Waals surface area contributed by atoms with Gasteiger partial charge in [0.15, 0.2) is 5.69 Å². The molecule has 0 aliphatic heterocycles. The van der Waals surface area contributed by atoms with E-state index in [1.165, 1.54) is 23.9 Å². The minimum Gasteiger partial charge on any atom is -0.497 e. The van der Waals surface area contributed by atoms with E-state index in [0.717, 1.165) is 11.3 Å². The summed E-state index contributed by atoms with van der Waals surface area (Å²) in [6.07, 6.45) is 0. The van der Waals surface area contributed by atoms with E-state index in [2.05, 4.69) is 51.9 Å². The molecule has 3 aromatic rings. The van der Waals surface area contributed by atoms with Gasteiger partial charge in [-0.05, 0) is 61.7 Å². The van der Waals surface area contributed by atoms with Crippen LogP contribution in [-0.2, 0) is 17.9 Å². The number of hydrogen-bond acceptors (Lipinski definition) is 8. The molecule has 3 rings (SSSR count). The molecule has 0 aliphatic rings. The normalized spacial score (nSPS) is 10.1. The number of carbonyl (C=O) groups excluding carboxylic acids is 1. The molecule has 31 heavy (non-hydrogen) atoms. The molecule has 2 aromatic heterocycles. The van der Waals surface area contributed by atoms with Crippen LogP contribution in [0, 0.1) is 0 Å². The second-order valence-electron chi connectivity index (χ2n) is 5.87. The zero-order valence-corrected chi connectivity index (χ0v) is 19.6. The maximum absolute atomic E-state index is 11.9. The maximum atomic E-state index is 11.9. The van der Waals surface area contributed by atoms with Gasteiger partial charge in [0.05, 0.1) is 42.0 Å². The third kappa shape index (κ3) is 6.84. The number of nitrogens with zero attached hydrogens (tertiary/aromatic N) is 3. The van der Waals surface area contributed by atoms with Crippen LogP contribution in [0.2, 0.25) is 0 Å². The molecule has 0 bridgehead atoms. The number of aromatic nitrogens is 4. The molecule has 0 saturated heterocycles. The Balaban J connectivity index is 0.000000245. The van der Waals surface area contributed by atoms with Crippen molar-refractivity contribution in [2.75, 3.05) is 14.2 Å². The van der Waals surface area contributed by atoms with Gasteiger partial charge in [0, 0.05) is 0 Å². The Bertz CT molecular complexity index is 1160. The van der Waals surface area contributed by atoms with Crippen molar-refractivity contribution in [2.24, 2.45) is 0 Å². The fourth-order valence-electron chi connectivity index (χ4n) is 2.24. The van der Waals surface area contributed by atoms with Crippen molar-refractivity contribution in [3.8, 4) is 5.75 Å². The molecule has 2 heterocycles. The van der Waals surface area contributed by atoms with Crippen LogP contribution in [0.3, 0.4) is 0 Å². The van der Waals surface area contributed by atoms with Gasteiger partial charge >= 0.3 is 5.97 Å². The number of hydrogen-bond donors (Lipinski definition) is 2. The molecule has 2 N–H and O–H groups in total. The highest BCUT2D eigenvalue weighted by molar-refractivity contribution is 9.10. The Morgan fingerprint density at radius 3 is 2.35 bits per heavy atom. The van der Waals surface area contributed by atoms with E-state index in [0.29, 0.717) is 16.7 Å². The van der Waals surface area contributed by atoms with Crippen molar-refractivity contribution >= 4 is 37.8 Å². The van der Waals surface area contributed by atoms with Gasteiger partial charge in [-0.1, -0.05) is 12.1 Å². The SMILES string of the molecule is COC(=O)c1cc(Br)c(=O)[nH]n1.COc1ccc(Cn2nc(CO)cc(Br)c2=O)cc1. The van der Waals surface area contributed by atoms with Crippen molar-refractivity contribution in [1.82, 2.24) is 20.0 Å². The van der Waals surface area contributed by atoms with Crippen LogP contribution in [-0.4, -0.2) is 45.3 Å². The van der Waals surface area contributed by atoms with E-state index >= 15 is 0 Å². The van der Waals surface area contributed by atoms with Gasteiger partial charge in [-0.25, -0.2) is 14.6 Å². The smallest absolute Gasteiger partial charge is 0.358 e. The Morgan fingerprint density at radius 1 is 1.13 bits per heavy atom. The monoisotopic (exact) mass is 556 g/mol. The number of esters is 1. The summed E-state index contributed by atoms with van der Waals surface area (Å²) in [5.74, 6) is 0.168. The standard InChI is InChI=1S/C13H13BrN2O3.C6H5BrN2O3/c1-19-11-4-2-9(3-5-11)7-16-13(18)12(14)6-10(8-17)15-16;1-12-6(11)4-2-3(7)5(10)9-8-4/h2-6,17H,7-8H2,1H3;2H,1H3,(H,9,10). The van der Waals surface area contributed by atoms with Gasteiger partial charge in [0.1, 0.15) is 5.75 Å². The molecule has 0 amide bonds. The molecule has 0 fully saturated rings. The second-order valence-corrected chi connectivity index (χ2v) is 7.58. The lowest BCUT2D eigenvalue weighted by Crippen LogP contribution is -2.25. The number of H-pyrrole nitrogens is 1. The van der Waals surface area contributed by atoms with Gasteiger partial charge in [0.25, 0.3) is 11.1 Å². The lowest BCUT2D eigenvalue weighted by molar-refractivity contribution is 0.0592. The van der Waals surface area contributed by atoms with E-state index < -0.39 is 5.97 Å². The minimum absolute atomic E-state index is 0.0592. The third-order valence-electron chi connectivity index (χ3n) is 3.79. The van der Waals surface area contributed by atoms with Gasteiger partial charge in [0.2, 0.25) is 0 Å². The number of benzene rings is 1. The van der Waals surface area contributed by atoms with E-state index in [1.54, 1.807) is 7.11 Å². The predicted octanol–water partition coefficient (Wildman–Crippen LogP) is 1.87. The molecule has 0 spiro atoms. The first-order valence-corrected chi connectivity index (χ1v) is 10.2. The third-order valence-corrected chi connectivity index (χ3v) is 4.94. The maximum Gasteiger partial charge on any atom is 0.358 e. The molecule has 164 valence electrons. The fourth-order valence-corrected chi connectivity index (χ4v) is 3.01. The predicted molar refractivity (Wildman–Crippen MR) is 118 cm³/mol. The summed E-state index contributed by atoms with van der Waals surface area (Å²) in [5, 5.41) is 18.8. The average Bonchev–Trinajstić information content (AvgIpc) is 2.79. The van der Waals surface area contributed by atoms with Crippen LogP contribution >= 0.6 is 31.9 Å². The number of carbonyl (C=O) groups is 1. The Kier molecular flexibility index (Phi) is 9.09. The minimum atomic E-state index is -0.591. The zero-order valence-electron chi connectivity index (χ0n) is 16.5. The van der Waals surface area contributed by atoms with Gasteiger partial charge < -0.3 is 14.6 Å². The average molecular weight is 558 g/mol.